The van der Waals surface area contributed by atoms with Gasteiger partial charge in [0.25, 0.3) is 0 Å². The fraction of sp³-hybridized carbons (Fsp3) is 0.500. The fourth-order valence-electron chi connectivity index (χ4n) is 5.41. The predicted molar refractivity (Wildman–Crippen MR) is 121 cm³/mol. The Morgan fingerprint density at radius 3 is 2.17 bits per heavy atom. The summed E-state index contributed by atoms with van der Waals surface area (Å²) < 4.78 is 58.1. The van der Waals surface area contributed by atoms with Crippen molar-refractivity contribution in [2.24, 2.45) is 5.41 Å². The molecule has 2 saturated heterocycles. The van der Waals surface area contributed by atoms with Crippen LogP contribution in [0.25, 0.3) is 0 Å². The number of halogens is 3. The van der Waals surface area contributed by atoms with Crippen molar-refractivity contribution in [2.75, 3.05) is 24.7 Å². The standard InChI is InChI=1S/C26H28F3NO5/c27-26(28,29)22(33-17-18-1-7-21(31)8-2-18)19-3-5-20(6-4-19)30-14-13-24(23(30)32)9-11-25(12-10-24)34-15-16-35-25/h1-8,22,31H,9-17H2. The molecule has 1 N–H and O–H groups in total. The van der Waals surface area contributed by atoms with Gasteiger partial charge in [-0.05, 0) is 54.7 Å². The van der Waals surface area contributed by atoms with Gasteiger partial charge in [-0.1, -0.05) is 24.3 Å². The maximum atomic E-state index is 13.8. The predicted octanol–water partition coefficient (Wildman–Crippen LogP) is 5.25. The number of carbonyl (C=O) groups excluding carboxylic acids is 1. The van der Waals surface area contributed by atoms with Gasteiger partial charge in [0.15, 0.2) is 11.9 Å². The third kappa shape index (κ3) is 4.77. The van der Waals surface area contributed by atoms with Gasteiger partial charge in [0, 0.05) is 25.1 Å². The van der Waals surface area contributed by atoms with Crippen LogP contribution >= 0.6 is 0 Å². The monoisotopic (exact) mass is 491 g/mol. The molecule has 0 bridgehead atoms. The second-order valence-electron chi connectivity index (χ2n) is 9.59. The Morgan fingerprint density at radius 2 is 1.57 bits per heavy atom. The van der Waals surface area contributed by atoms with E-state index in [1.165, 1.54) is 36.4 Å². The van der Waals surface area contributed by atoms with Crippen LogP contribution in [0, 0.1) is 5.41 Å². The second kappa shape index (κ2) is 9.11. The van der Waals surface area contributed by atoms with Gasteiger partial charge in [-0.2, -0.15) is 13.2 Å². The molecule has 1 amide bonds. The lowest BCUT2D eigenvalue weighted by atomic mass is 9.71. The van der Waals surface area contributed by atoms with Gasteiger partial charge in [0.1, 0.15) is 5.75 Å². The molecule has 9 heteroatoms. The number of phenolic OH excluding ortho intramolecular Hbond substituents is 1. The topological polar surface area (TPSA) is 68.2 Å². The van der Waals surface area contributed by atoms with E-state index in [-0.39, 0.29) is 23.8 Å². The van der Waals surface area contributed by atoms with Crippen LogP contribution in [-0.4, -0.2) is 42.7 Å². The van der Waals surface area contributed by atoms with E-state index in [1.807, 2.05) is 0 Å². The molecular formula is C26H28F3NO5. The van der Waals surface area contributed by atoms with Crippen LogP contribution in [0.15, 0.2) is 48.5 Å². The summed E-state index contributed by atoms with van der Waals surface area (Å²) in [5.74, 6) is -0.496. The molecule has 0 radical (unpaired) electrons. The Labute approximate surface area is 201 Å². The first-order chi connectivity index (χ1) is 16.7. The molecule has 3 aliphatic rings. The molecule has 6 nitrogen and oxygen atoms in total. The van der Waals surface area contributed by atoms with Crippen LogP contribution in [0.1, 0.15) is 49.3 Å². The third-order valence-electron chi connectivity index (χ3n) is 7.45. The van der Waals surface area contributed by atoms with Crippen molar-refractivity contribution in [1.29, 1.82) is 0 Å². The number of anilines is 1. The van der Waals surface area contributed by atoms with Crippen LogP contribution in [0.2, 0.25) is 0 Å². The summed E-state index contributed by atoms with van der Waals surface area (Å²) in [6.07, 6.45) is -3.27. The molecule has 2 aliphatic heterocycles. The molecule has 1 aliphatic carbocycles. The molecule has 2 aromatic rings. The van der Waals surface area contributed by atoms with Crippen molar-refractivity contribution < 1.29 is 37.3 Å². The first-order valence-corrected chi connectivity index (χ1v) is 11.9. The number of amides is 1. The minimum Gasteiger partial charge on any atom is -0.508 e. The Bertz CT molecular complexity index is 1040. The van der Waals surface area contributed by atoms with Gasteiger partial charge < -0.3 is 24.2 Å². The van der Waals surface area contributed by atoms with E-state index in [1.54, 1.807) is 17.0 Å². The average Bonchev–Trinajstić information content (AvgIpc) is 3.42. The van der Waals surface area contributed by atoms with Crippen molar-refractivity contribution in [3.63, 3.8) is 0 Å². The first kappa shape index (κ1) is 24.1. The number of carbonyl (C=O) groups is 1. The number of rotatable bonds is 5. The fourth-order valence-corrected chi connectivity index (χ4v) is 5.41. The van der Waals surface area contributed by atoms with Crippen molar-refractivity contribution in [3.05, 3.63) is 59.7 Å². The summed E-state index contributed by atoms with van der Waals surface area (Å²) in [5.41, 5.74) is 0.616. The van der Waals surface area contributed by atoms with Gasteiger partial charge in [-0.25, -0.2) is 0 Å². The Hall–Kier alpha value is -2.62. The number of phenols is 1. The van der Waals surface area contributed by atoms with Crippen molar-refractivity contribution in [2.45, 2.75) is 56.8 Å². The summed E-state index contributed by atoms with van der Waals surface area (Å²) in [7, 11) is 0. The van der Waals surface area contributed by atoms with E-state index < -0.39 is 23.5 Å². The smallest absolute Gasteiger partial charge is 0.418 e. The highest BCUT2D eigenvalue weighted by Gasteiger charge is 2.53. The Morgan fingerprint density at radius 1 is 0.943 bits per heavy atom. The Balaban J connectivity index is 1.26. The summed E-state index contributed by atoms with van der Waals surface area (Å²) in [6.45, 7) is 1.44. The molecule has 1 saturated carbocycles. The summed E-state index contributed by atoms with van der Waals surface area (Å²) in [4.78, 5) is 15.0. The number of hydrogen-bond donors (Lipinski definition) is 1. The molecular weight excluding hydrogens is 463 g/mol. The molecule has 5 rings (SSSR count). The summed E-state index contributed by atoms with van der Waals surface area (Å²) in [6, 6.07) is 11.7. The van der Waals surface area contributed by atoms with Crippen LogP contribution in [-0.2, 0) is 25.6 Å². The van der Waals surface area contributed by atoms with Crippen LogP contribution in [0.4, 0.5) is 18.9 Å². The maximum absolute atomic E-state index is 13.8. The van der Waals surface area contributed by atoms with Crippen molar-refractivity contribution in [1.82, 2.24) is 0 Å². The molecule has 1 unspecified atom stereocenters. The van der Waals surface area contributed by atoms with Crippen LogP contribution in [0.5, 0.6) is 5.75 Å². The highest BCUT2D eigenvalue weighted by molar-refractivity contribution is 6.00. The van der Waals surface area contributed by atoms with E-state index in [4.69, 9.17) is 14.2 Å². The molecule has 2 heterocycles. The lowest BCUT2D eigenvalue weighted by Crippen LogP contribution is -2.44. The molecule has 188 valence electrons. The van der Waals surface area contributed by atoms with E-state index in [0.29, 0.717) is 63.1 Å². The zero-order valence-corrected chi connectivity index (χ0v) is 19.2. The van der Waals surface area contributed by atoms with Crippen LogP contribution in [0.3, 0.4) is 0 Å². The number of benzene rings is 2. The highest BCUT2D eigenvalue weighted by Crippen LogP contribution is 2.50. The largest absolute Gasteiger partial charge is 0.508 e. The van der Waals surface area contributed by atoms with E-state index >= 15 is 0 Å². The summed E-state index contributed by atoms with van der Waals surface area (Å²) >= 11 is 0. The van der Waals surface area contributed by atoms with Gasteiger partial charge >= 0.3 is 6.18 Å². The molecule has 1 atom stereocenters. The van der Waals surface area contributed by atoms with Gasteiger partial charge in [-0.15, -0.1) is 0 Å². The number of ether oxygens (including phenoxy) is 3. The third-order valence-corrected chi connectivity index (χ3v) is 7.45. The average molecular weight is 492 g/mol. The maximum Gasteiger partial charge on any atom is 0.418 e. The zero-order chi connectivity index (χ0) is 24.7. The highest BCUT2D eigenvalue weighted by atomic mass is 19.4. The lowest BCUT2D eigenvalue weighted by Gasteiger charge is -2.40. The first-order valence-electron chi connectivity index (χ1n) is 11.9. The van der Waals surface area contributed by atoms with Crippen molar-refractivity contribution in [3.8, 4) is 5.75 Å². The molecule has 2 spiro atoms. The minimum atomic E-state index is -4.60. The van der Waals surface area contributed by atoms with Crippen LogP contribution < -0.4 is 4.90 Å². The molecule has 35 heavy (non-hydrogen) atoms. The quantitative estimate of drug-likeness (QED) is 0.619. The van der Waals surface area contributed by atoms with E-state index in [9.17, 15) is 23.1 Å². The van der Waals surface area contributed by atoms with E-state index in [0.717, 1.165) is 0 Å². The molecule has 2 aromatic carbocycles. The van der Waals surface area contributed by atoms with Crippen molar-refractivity contribution >= 4 is 11.6 Å². The zero-order valence-electron chi connectivity index (χ0n) is 19.2. The van der Waals surface area contributed by atoms with Gasteiger partial charge in [-0.3, -0.25) is 4.79 Å². The molecule has 0 aromatic heterocycles. The minimum absolute atomic E-state index is 0.0223. The number of alkyl halides is 3. The number of hydrogen-bond acceptors (Lipinski definition) is 5. The number of aromatic hydroxyl groups is 1. The normalized spacial score (nSPS) is 22.3. The molecule has 3 fully saturated rings. The van der Waals surface area contributed by atoms with E-state index in [2.05, 4.69) is 0 Å². The number of nitrogens with zero attached hydrogens (tertiary/aromatic N) is 1. The van der Waals surface area contributed by atoms with Gasteiger partial charge in [0.2, 0.25) is 5.91 Å². The summed E-state index contributed by atoms with van der Waals surface area (Å²) in [5, 5.41) is 9.35. The lowest BCUT2D eigenvalue weighted by molar-refractivity contribution is -0.227. The SMILES string of the molecule is O=C1N(c2ccc(C(OCc3ccc(O)cc3)C(F)(F)F)cc2)CCC12CCC1(CC2)OCCO1. The second-order valence-corrected chi connectivity index (χ2v) is 9.59. The Kier molecular flexibility index (Phi) is 6.27. The van der Waals surface area contributed by atoms with Gasteiger partial charge in [0.05, 0.1) is 25.2 Å².